The van der Waals surface area contributed by atoms with Gasteiger partial charge in [-0.3, -0.25) is 9.59 Å². The lowest BCUT2D eigenvalue weighted by Crippen LogP contribution is -2.28. The monoisotopic (exact) mass is 339 g/mol. The quantitative estimate of drug-likeness (QED) is 0.637. The molecule has 3 N–H and O–H groups in total. The number of hydrogen-bond donors (Lipinski definition) is 3. The predicted molar refractivity (Wildman–Crippen MR) is 93.4 cm³/mol. The Kier molecular flexibility index (Phi) is 6.72. The number of H-pyrrole nitrogens is 1. The van der Waals surface area contributed by atoms with Gasteiger partial charge in [0.15, 0.2) is 0 Å². The lowest BCUT2D eigenvalue weighted by molar-refractivity contribution is -0.121. The summed E-state index contributed by atoms with van der Waals surface area (Å²) in [6.45, 7) is 2.44. The van der Waals surface area contributed by atoms with Crippen LogP contribution < -0.4 is 10.6 Å². The van der Waals surface area contributed by atoms with Crippen molar-refractivity contribution in [2.24, 2.45) is 5.92 Å². The van der Waals surface area contributed by atoms with Crippen LogP contribution in [0.15, 0.2) is 36.7 Å². The third-order valence-electron chi connectivity index (χ3n) is 3.72. The summed E-state index contributed by atoms with van der Waals surface area (Å²) in [4.78, 5) is 31.0. The molecule has 0 fully saturated rings. The fourth-order valence-electron chi connectivity index (χ4n) is 2.39. The Morgan fingerprint density at radius 1 is 1.36 bits per heavy atom. The molecule has 0 saturated heterocycles. The molecule has 0 aliphatic heterocycles. The summed E-state index contributed by atoms with van der Waals surface area (Å²) in [5, 5.41) is 13.8. The molecule has 1 unspecified atom stereocenters. The maximum atomic E-state index is 12.3. The van der Waals surface area contributed by atoms with E-state index in [0.717, 1.165) is 5.56 Å². The van der Waals surface area contributed by atoms with Crippen molar-refractivity contribution in [2.75, 3.05) is 13.1 Å². The van der Waals surface area contributed by atoms with Gasteiger partial charge in [0.1, 0.15) is 12.4 Å². The van der Waals surface area contributed by atoms with Crippen LogP contribution in [0.4, 0.5) is 0 Å². The number of rotatable bonds is 8. The second kappa shape index (κ2) is 9.23. The lowest BCUT2D eigenvalue weighted by atomic mass is 10.0. The molecule has 0 aliphatic rings. The van der Waals surface area contributed by atoms with Crippen LogP contribution in [-0.2, 0) is 4.79 Å². The van der Waals surface area contributed by atoms with Gasteiger partial charge in [0.25, 0.3) is 5.91 Å². The molecule has 7 nitrogen and oxygen atoms in total. The van der Waals surface area contributed by atoms with Crippen molar-refractivity contribution in [1.82, 2.24) is 20.6 Å². The van der Waals surface area contributed by atoms with Crippen molar-refractivity contribution >= 4 is 11.8 Å². The van der Waals surface area contributed by atoms with Crippen molar-refractivity contribution in [1.29, 1.82) is 5.26 Å². The Balaban J connectivity index is 1.80. The molecule has 1 atom stereocenters. The average Bonchev–Trinajstić information content (AvgIpc) is 3.14. The van der Waals surface area contributed by atoms with Gasteiger partial charge in [-0.05, 0) is 24.5 Å². The van der Waals surface area contributed by atoms with Gasteiger partial charge in [-0.1, -0.05) is 19.1 Å². The summed E-state index contributed by atoms with van der Waals surface area (Å²) in [7, 11) is 0. The number of nitrogens with zero attached hydrogens (tertiary/aromatic N) is 2. The lowest BCUT2D eigenvalue weighted by Gasteiger charge is -2.11. The number of amides is 2. The van der Waals surface area contributed by atoms with E-state index >= 15 is 0 Å². The number of imidazole rings is 1. The van der Waals surface area contributed by atoms with Crippen LogP contribution in [0, 0.1) is 17.2 Å². The zero-order valence-electron chi connectivity index (χ0n) is 14.1. The van der Waals surface area contributed by atoms with Crippen LogP contribution >= 0.6 is 0 Å². The summed E-state index contributed by atoms with van der Waals surface area (Å²) in [6, 6.07) is 9.10. The van der Waals surface area contributed by atoms with Crippen LogP contribution in [0.25, 0.3) is 11.4 Å². The first-order valence-corrected chi connectivity index (χ1v) is 8.12. The summed E-state index contributed by atoms with van der Waals surface area (Å²) in [5.41, 5.74) is 1.41. The third kappa shape index (κ3) is 5.77. The molecule has 0 radical (unpaired) electrons. The van der Waals surface area contributed by atoms with E-state index in [4.69, 9.17) is 5.26 Å². The first kappa shape index (κ1) is 18.2. The van der Waals surface area contributed by atoms with Crippen molar-refractivity contribution < 1.29 is 9.59 Å². The molecule has 0 spiro atoms. The summed E-state index contributed by atoms with van der Waals surface area (Å²) < 4.78 is 0. The van der Waals surface area contributed by atoms with Gasteiger partial charge >= 0.3 is 0 Å². The number of aromatic nitrogens is 2. The number of carbonyl (C=O) groups excluding carboxylic acids is 2. The zero-order chi connectivity index (χ0) is 18.1. The SMILES string of the molecule is CC(CCNC(=O)c1cccc(-c2ncc[nH]2)c1)CC(=O)NCC#N. The van der Waals surface area contributed by atoms with E-state index in [1.807, 2.05) is 25.1 Å². The molecule has 1 aromatic heterocycles. The second-order valence-corrected chi connectivity index (χ2v) is 5.81. The van der Waals surface area contributed by atoms with Gasteiger partial charge in [0.05, 0.1) is 6.07 Å². The van der Waals surface area contributed by atoms with E-state index in [1.54, 1.807) is 24.5 Å². The van der Waals surface area contributed by atoms with E-state index < -0.39 is 0 Å². The van der Waals surface area contributed by atoms with E-state index in [0.29, 0.717) is 30.8 Å². The van der Waals surface area contributed by atoms with Gasteiger partial charge in [0, 0.05) is 36.5 Å². The minimum atomic E-state index is -0.158. The Morgan fingerprint density at radius 3 is 2.92 bits per heavy atom. The topological polar surface area (TPSA) is 111 Å². The predicted octanol–water partition coefficient (Wildman–Crippen LogP) is 1.86. The van der Waals surface area contributed by atoms with Crippen molar-refractivity contribution in [3.05, 3.63) is 42.2 Å². The standard InChI is InChI=1S/C18H21N5O2/c1-13(11-16(24)20-8-6-19)5-7-23-18(25)15-4-2-3-14(12-15)17-21-9-10-22-17/h2-4,9-10,12-13H,5,7-8,11H2,1H3,(H,20,24)(H,21,22)(H,23,25). The minimum absolute atomic E-state index is 0.0221. The normalized spacial score (nSPS) is 11.4. The molecule has 2 rings (SSSR count). The van der Waals surface area contributed by atoms with Crippen LogP contribution in [-0.4, -0.2) is 34.9 Å². The molecule has 0 aliphatic carbocycles. The van der Waals surface area contributed by atoms with E-state index in [9.17, 15) is 9.59 Å². The van der Waals surface area contributed by atoms with Crippen LogP contribution in [0.1, 0.15) is 30.1 Å². The van der Waals surface area contributed by atoms with Gasteiger partial charge in [-0.2, -0.15) is 5.26 Å². The van der Waals surface area contributed by atoms with Gasteiger partial charge in [-0.25, -0.2) is 4.98 Å². The molecule has 7 heteroatoms. The Hall–Kier alpha value is -3.14. The molecule has 130 valence electrons. The fourth-order valence-corrected chi connectivity index (χ4v) is 2.39. The molecule has 0 saturated carbocycles. The summed E-state index contributed by atoms with van der Waals surface area (Å²) in [6.07, 6.45) is 4.42. The number of aromatic amines is 1. The summed E-state index contributed by atoms with van der Waals surface area (Å²) >= 11 is 0. The Labute approximate surface area is 146 Å². The smallest absolute Gasteiger partial charge is 0.251 e. The third-order valence-corrected chi connectivity index (χ3v) is 3.72. The Morgan fingerprint density at radius 2 is 2.20 bits per heavy atom. The van der Waals surface area contributed by atoms with Crippen molar-refractivity contribution in [2.45, 2.75) is 19.8 Å². The number of benzene rings is 1. The van der Waals surface area contributed by atoms with E-state index in [-0.39, 0.29) is 24.3 Å². The molecular formula is C18H21N5O2. The molecule has 1 heterocycles. The fraction of sp³-hybridized carbons (Fsp3) is 0.333. The van der Waals surface area contributed by atoms with Crippen molar-refractivity contribution in [3.63, 3.8) is 0 Å². The molecule has 25 heavy (non-hydrogen) atoms. The highest BCUT2D eigenvalue weighted by molar-refractivity contribution is 5.95. The maximum Gasteiger partial charge on any atom is 0.251 e. The molecular weight excluding hydrogens is 318 g/mol. The first-order valence-electron chi connectivity index (χ1n) is 8.12. The van der Waals surface area contributed by atoms with E-state index in [2.05, 4.69) is 20.6 Å². The minimum Gasteiger partial charge on any atom is -0.352 e. The molecule has 1 aromatic carbocycles. The van der Waals surface area contributed by atoms with Gasteiger partial charge in [-0.15, -0.1) is 0 Å². The second-order valence-electron chi connectivity index (χ2n) is 5.81. The number of carbonyl (C=O) groups is 2. The molecule has 0 bridgehead atoms. The number of nitriles is 1. The van der Waals surface area contributed by atoms with Crippen LogP contribution in [0.2, 0.25) is 0 Å². The first-order chi connectivity index (χ1) is 12.1. The highest BCUT2D eigenvalue weighted by Gasteiger charge is 2.11. The highest BCUT2D eigenvalue weighted by atomic mass is 16.2. The van der Waals surface area contributed by atoms with Crippen LogP contribution in [0.5, 0.6) is 0 Å². The highest BCUT2D eigenvalue weighted by Crippen LogP contribution is 2.16. The molecule has 2 amide bonds. The largest absolute Gasteiger partial charge is 0.352 e. The Bertz CT molecular complexity index is 749. The van der Waals surface area contributed by atoms with E-state index in [1.165, 1.54) is 0 Å². The van der Waals surface area contributed by atoms with Crippen LogP contribution in [0.3, 0.4) is 0 Å². The average molecular weight is 339 g/mol. The molecule has 2 aromatic rings. The number of nitrogens with one attached hydrogen (secondary N) is 3. The van der Waals surface area contributed by atoms with Crippen molar-refractivity contribution in [3.8, 4) is 17.5 Å². The number of hydrogen-bond acceptors (Lipinski definition) is 4. The summed E-state index contributed by atoms with van der Waals surface area (Å²) in [5.74, 6) is 0.529. The van der Waals surface area contributed by atoms with Gasteiger partial charge < -0.3 is 15.6 Å². The van der Waals surface area contributed by atoms with Gasteiger partial charge in [0.2, 0.25) is 5.91 Å². The zero-order valence-corrected chi connectivity index (χ0v) is 14.1. The maximum absolute atomic E-state index is 12.3.